The summed E-state index contributed by atoms with van der Waals surface area (Å²) in [6.45, 7) is 33.2. The first-order valence-corrected chi connectivity index (χ1v) is 28.1. The van der Waals surface area contributed by atoms with Crippen molar-refractivity contribution in [2.75, 3.05) is 20.5 Å². The fourth-order valence-corrected chi connectivity index (χ4v) is 13.5. The van der Waals surface area contributed by atoms with Crippen LogP contribution in [0.4, 0.5) is 0 Å². The van der Waals surface area contributed by atoms with Gasteiger partial charge in [-0.3, -0.25) is 0 Å². The van der Waals surface area contributed by atoms with Crippen molar-refractivity contribution in [2.24, 2.45) is 23.2 Å². The van der Waals surface area contributed by atoms with Crippen molar-refractivity contribution < 1.29 is 26.7 Å². The van der Waals surface area contributed by atoms with E-state index in [1.54, 1.807) is 24.8 Å². The second-order valence-corrected chi connectivity index (χ2v) is 31.9. The van der Waals surface area contributed by atoms with Crippen molar-refractivity contribution in [3.63, 3.8) is 0 Å². The van der Waals surface area contributed by atoms with Crippen molar-refractivity contribution in [2.45, 2.75) is 172 Å². The molecule has 3 saturated carbocycles. The maximum atomic E-state index is 14.0. The standard InChI is InChI=1S/C45H76O6SSi2/c1-33(29-38(26-28-49-32-48-10)52(46,47)37-20-16-15-17-21-37)39-24-25-40-36(19-18-27-45(39,40)9)23-22-35-30-41(50-53(11,12)43(3,4)5)34(2)42(31-35)51-54(13,14)44(6,7)8/h15-17,20-23,33,38-42H,2,18-19,24-32H2,1,3-14H3/b36-23+/t33-,38?,39-,40+,41-,42-,45-/m1/s1. The van der Waals surface area contributed by atoms with Crippen molar-refractivity contribution in [3.8, 4) is 0 Å². The molecule has 9 heteroatoms. The van der Waals surface area contributed by atoms with Gasteiger partial charge in [-0.1, -0.05) is 103 Å². The Balaban J connectivity index is 1.58. The van der Waals surface area contributed by atoms with Crippen molar-refractivity contribution in [3.05, 3.63) is 65.8 Å². The lowest BCUT2D eigenvalue weighted by atomic mass is 9.60. The molecule has 0 bridgehead atoms. The zero-order valence-corrected chi connectivity index (χ0v) is 39.2. The van der Waals surface area contributed by atoms with Gasteiger partial charge in [0.05, 0.1) is 29.0 Å². The van der Waals surface area contributed by atoms with Crippen LogP contribution in [0.5, 0.6) is 0 Å². The first-order chi connectivity index (χ1) is 24.9. The van der Waals surface area contributed by atoms with E-state index in [4.69, 9.17) is 18.3 Å². The molecule has 0 amide bonds. The zero-order chi connectivity index (χ0) is 40.3. The molecule has 1 aromatic rings. The Morgan fingerprint density at radius 3 is 2.04 bits per heavy atom. The second-order valence-electron chi connectivity index (χ2n) is 20.2. The maximum absolute atomic E-state index is 14.0. The van der Waals surface area contributed by atoms with Gasteiger partial charge in [-0.05, 0) is 135 Å². The van der Waals surface area contributed by atoms with E-state index in [9.17, 15) is 8.42 Å². The topological polar surface area (TPSA) is 71.1 Å². The van der Waals surface area contributed by atoms with Crippen molar-refractivity contribution >= 4 is 26.5 Å². The first kappa shape index (κ1) is 45.4. The van der Waals surface area contributed by atoms with E-state index in [0.717, 1.165) is 31.3 Å². The number of hydrogen-bond acceptors (Lipinski definition) is 6. The third-order valence-corrected chi connectivity index (χ3v) is 25.6. The third kappa shape index (κ3) is 10.4. The monoisotopic (exact) mass is 800 g/mol. The largest absolute Gasteiger partial charge is 0.410 e. The lowest BCUT2D eigenvalue weighted by Crippen LogP contribution is -2.49. The van der Waals surface area contributed by atoms with E-state index in [1.165, 1.54) is 24.8 Å². The molecule has 0 heterocycles. The van der Waals surface area contributed by atoms with Gasteiger partial charge in [0.25, 0.3) is 0 Å². The molecule has 0 aromatic heterocycles. The van der Waals surface area contributed by atoms with Crippen LogP contribution in [0.3, 0.4) is 0 Å². The SMILES string of the molecule is C=C1[C@H](O[Si](C)(C)C(C)(C)C)CC(=C/C=C2\CCC[C@]3(C)[C@@H]([C@H](C)CC(CCOCOC)S(=O)(=O)c4ccccc4)CC[C@@H]23)C[C@H]1O[Si](C)(C)C(C)(C)C. The van der Waals surface area contributed by atoms with Crippen LogP contribution in [0, 0.1) is 23.2 Å². The lowest BCUT2D eigenvalue weighted by molar-refractivity contribution is -0.0317. The molecule has 1 aromatic carbocycles. The van der Waals surface area contributed by atoms with Gasteiger partial charge < -0.3 is 18.3 Å². The summed E-state index contributed by atoms with van der Waals surface area (Å²) in [5.41, 5.74) is 4.24. The van der Waals surface area contributed by atoms with Crippen LogP contribution in [0.1, 0.15) is 113 Å². The molecule has 4 rings (SSSR count). The summed E-state index contributed by atoms with van der Waals surface area (Å²) >= 11 is 0. The van der Waals surface area contributed by atoms with Gasteiger partial charge in [0.1, 0.15) is 6.79 Å². The predicted octanol–water partition coefficient (Wildman–Crippen LogP) is 12.1. The minimum atomic E-state index is -3.51. The van der Waals surface area contributed by atoms with Crippen molar-refractivity contribution in [1.29, 1.82) is 0 Å². The summed E-state index contributed by atoms with van der Waals surface area (Å²) in [6, 6.07) is 8.96. The molecular formula is C45H76O6SSi2. The molecule has 6 nitrogen and oxygen atoms in total. The average Bonchev–Trinajstić information content (AvgIpc) is 3.43. The summed E-state index contributed by atoms with van der Waals surface area (Å²) in [5.74, 6) is 1.26. The van der Waals surface area contributed by atoms with Gasteiger partial charge in [-0.15, -0.1) is 0 Å². The van der Waals surface area contributed by atoms with Gasteiger partial charge in [-0.25, -0.2) is 8.42 Å². The number of rotatable bonds is 15. The molecule has 3 aliphatic rings. The Hall–Kier alpha value is -1.34. The number of fused-ring (bicyclic) bond motifs is 1. The highest BCUT2D eigenvalue weighted by Gasteiger charge is 2.51. The van der Waals surface area contributed by atoms with E-state index in [0.29, 0.717) is 36.2 Å². The molecule has 0 aliphatic heterocycles. The molecule has 0 spiro atoms. The molecule has 0 radical (unpaired) electrons. The molecule has 54 heavy (non-hydrogen) atoms. The highest BCUT2D eigenvalue weighted by Crippen LogP contribution is 2.60. The van der Waals surface area contributed by atoms with Crippen LogP contribution in [0.25, 0.3) is 0 Å². The number of hydrogen-bond donors (Lipinski definition) is 0. The number of ether oxygens (including phenoxy) is 2. The predicted molar refractivity (Wildman–Crippen MR) is 230 cm³/mol. The van der Waals surface area contributed by atoms with E-state index >= 15 is 0 Å². The Morgan fingerprint density at radius 1 is 0.926 bits per heavy atom. The molecule has 306 valence electrons. The number of sulfone groups is 1. The average molecular weight is 801 g/mol. The van der Waals surface area contributed by atoms with E-state index in [-0.39, 0.29) is 40.4 Å². The summed E-state index contributed by atoms with van der Waals surface area (Å²) in [6.07, 6.45) is 13.5. The molecule has 3 aliphatic carbocycles. The molecule has 3 fully saturated rings. The van der Waals surface area contributed by atoms with Gasteiger partial charge in [0.15, 0.2) is 26.5 Å². The fraction of sp³-hybridized carbons (Fsp3) is 0.733. The molecule has 7 atom stereocenters. The lowest BCUT2D eigenvalue weighted by Gasteiger charge is -2.46. The molecule has 1 unspecified atom stereocenters. The van der Waals surface area contributed by atoms with E-state index in [1.807, 2.05) is 18.2 Å². The van der Waals surface area contributed by atoms with E-state index < -0.39 is 31.7 Å². The van der Waals surface area contributed by atoms with Crippen LogP contribution >= 0.6 is 0 Å². The van der Waals surface area contributed by atoms with Crippen LogP contribution in [0.15, 0.2) is 70.7 Å². The van der Waals surface area contributed by atoms with Gasteiger partial charge in [0, 0.05) is 7.11 Å². The Kier molecular flexibility index (Phi) is 14.8. The summed E-state index contributed by atoms with van der Waals surface area (Å²) in [4.78, 5) is 0.403. The van der Waals surface area contributed by atoms with Crippen molar-refractivity contribution in [1.82, 2.24) is 0 Å². The smallest absolute Gasteiger partial charge is 0.192 e. The number of allylic oxidation sites excluding steroid dienone is 3. The zero-order valence-electron chi connectivity index (χ0n) is 36.3. The summed E-state index contributed by atoms with van der Waals surface area (Å²) in [5, 5.41) is -0.279. The highest BCUT2D eigenvalue weighted by molar-refractivity contribution is 7.92. The third-order valence-electron chi connectivity index (χ3n) is 14.4. The van der Waals surface area contributed by atoms with Gasteiger partial charge >= 0.3 is 0 Å². The number of benzene rings is 1. The second kappa shape index (κ2) is 17.7. The Labute approximate surface area is 333 Å². The summed E-state index contributed by atoms with van der Waals surface area (Å²) in [7, 11) is -6.00. The van der Waals surface area contributed by atoms with Crippen LogP contribution in [-0.2, 0) is 28.2 Å². The minimum Gasteiger partial charge on any atom is -0.410 e. The molecule has 0 N–H and O–H groups in total. The summed E-state index contributed by atoms with van der Waals surface area (Å²) < 4.78 is 52.9. The van der Waals surface area contributed by atoms with Gasteiger partial charge in [0.2, 0.25) is 0 Å². The normalized spacial score (nSPS) is 27.9. The Morgan fingerprint density at radius 2 is 1.50 bits per heavy atom. The maximum Gasteiger partial charge on any atom is 0.192 e. The van der Waals surface area contributed by atoms with Crippen LogP contribution < -0.4 is 0 Å². The van der Waals surface area contributed by atoms with Crippen LogP contribution in [0.2, 0.25) is 36.3 Å². The first-order valence-electron chi connectivity index (χ1n) is 20.7. The minimum absolute atomic E-state index is 0.0348. The van der Waals surface area contributed by atoms with E-state index in [2.05, 4.69) is 100 Å². The van der Waals surface area contributed by atoms with Gasteiger partial charge in [-0.2, -0.15) is 0 Å². The fourth-order valence-electron chi connectivity index (χ4n) is 9.04. The quantitative estimate of drug-likeness (QED) is 0.0761. The molecule has 0 saturated heterocycles. The highest BCUT2D eigenvalue weighted by atomic mass is 32.2. The molecular weight excluding hydrogens is 725 g/mol. The Bertz CT molecular complexity index is 1540. The number of methoxy groups -OCH3 is 1. The van der Waals surface area contributed by atoms with Crippen LogP contribution in [-0.4, -0.2) is 63.0 Å².